The molecular weight excluding hydrogens is 278 g/mol. The molecule has 22 heavy (non-hydrogen) atoms. The molecule has 0 unspecified atom stereocenters. The number of hydrogen-bond acceptors (Lipinski definition) is 4. The van der Waals surface area contributed by atoms with Crippen LogP contribution in [0.4, 0.5) is 0 Å². The average molecular weight is 309 g/mol. The second-order valence-electron chi connectivity index (χ2n) is 6.40. The predicted molar refractivity (Wildman–Crippen MR) is 88.9 cm³/mol. The molecule has 0 aromatic heterocycles. The largest absolute Gasteiger partial charge is 0.380 e. The van der Waals surface area contributed by atoms with Crippen LogP contribution in [0.1, 0.15) is 33.1 Å². The zero-order valence-corrected chi connectivity index (χ0v) is 14.1. The maximum Gasteiger partial charge on any atom is 0.217 e. The van der Waals surface area contributed by atoms with Crippen molar-refractivity contribution in [1.29, 1.82) is 0 Å². The number of rotatable bonds is 7. The van der Waals surface area contributed by atoms with Crippen LogP contribution < -0.4 is 5.32 Å². The summed E-state index contributed by atoms with van der Waals surface area (Å²) in [4.78, 5) is 16.2. The van der Waals surface area contributed by atoms with Crippen molar-refractivity contribution < 1.29 is 9.53 Å². The molecule has 126 valence electrons. The molecular formula is C17H31N3O2. The summed E-state index contributed by atoms with van der Waals surface area (Å²) < 4.78 is 5.46. The van der Waals surface area contributed by atoms with E-state index in [0.717, 1.165) is 65.3 Å². The van der Waals surface area contributed by atoms with Crippen LogP contribution in [0.3, 0.4) is 0 Å². The fourth-order valence-corrected chi connectivity index (χ4v) is 3.42. The van der Waals surface area contributed by atoms with Crippen LogP contribution in [0.2, 0.25) is 0 Å². The van der Waals surface area contributed by atoms with Gasteiger partial charge in [0.15, 0.2) is 0 Å². The fraction of sp³-hybridized carbons (Fsp3) is 0.824. The quantitative estimate of drug-likeness (QED) is 0.568. The molecule has 0 aromatic carbocycles. The molecule has 1 N–H and O–H groups in total. The topological polar surface area (TPSA) is 44.8 Å². The van der Waals surface area contributed by atoms with Gasteiger partial charge in [0.25, 0.3) is 0 Å². The van der Waals surface area contributed by atoms with Gasteiger partial charge in [-0.15, -0.1) is 0 Å². The van der Waals surface area contributed by atoms with Crippen molar-refractivity contribution in [2.24, 2.45) is 0 Å². The van der Waals surface area contributed by atoms with Gasteiger partial charge in [-0.25, -0.2) is 0 Å². The highest BCUT2D eigenvalue weighted by molar-refractivity contribution is 5.73. The van der Waals surface area contributed by atoms with E-state index in [9.17, 15) is 4.79 Å². The van der Waals surface area contributed by atoms with Gasteiger partial charge in [-0.3, -0.25) is 14.6 Å². The van der Waals surface area contributed by atoms with Crippen LogP contribution in [0.5, 0.6) is 0 Å². The Bertz CT molecular complexity index is 384. The molecule has 0 bridgehead atoms. The number of carbonyl (C=O) groups excluding carboxylic acids is 1. The van der Waals surface area contributed by atoms with E-state index in [1.165, 1.54) is 12.0 Å². The minimum atomic E-state index is 0.0887. The van der Waals surface area contributed by atoms with E-state index in [1.807, 2.05) is 6.92 Å². The summed E-state index contributed by atoms with van der Waals surface area (Å²) in [5.41, 5.74) is 1.52. The minimum absolute atomic E-state index is 0.0887. The van der Waals surface area contributed by atoms with Crippen LogP contribution in [0, 0.1) is 0 Å². The van der Waals surface area contributed by atoms with Crippen molar-refractivity contribution in [3.8, 4) is 0 Å². The fourth-order valence-electron chi connectivity index (χ4n) is 3.42. The molecule has 1 amide bonds. The van der Waals surface area contributed by atoms with Crippen molar-refractivity contribution >= 4 is 5.91 Å². The standard InChI is InChI=1S/C17H31N3O2/c1-3-22-11-10-19-8-4-6-16(12-19)13-20-9-5-7-17(14-20)18-15(2)21/h6,17H,3-5,7-14H2,1-2H3,(H,18,21)/t17-/m0/s1. The molecule has 0 aliphatic carbocycles. The van der Waals surface area contributed by atoms with Gasteiger partial charge < -0.3 is 10.1 Å². The lowest BCUT2D eigenvalue weighted by atomic mass is 10.0. The molecule has 1 fully saturated rings. The number of carbonyl (C=O) groups is 1. The number of ether oxygens (including phenoxy) is 1. The molecule has 0 radical (unpaired) electrons. The van der Waals surface area contributed by atoms with Crippen molar-refractivity contribution in [2.75, 3.05) is 52.5 Å². The Kier molecular flexibility index (Phi) is 7.36. The van der Waals surface area contributed by atoms with Gasteiger partial charge in [0.2, 0.25) is 5.91 Å². The first-order valence-electron chi connectivity index (χ1n) is 8.65. The van der Waals surface area contributed by atoms with Gasteiger partial charge >= 0.3 is 0 Å². The average Bonchev–Trinajstić information content (AvgIpc) is 2.47. The Morgan fingerprint density at radius 3 is 3.05 bits per heavy atom. The molecule has 2 heterocycles. The number of nitrogens with one attached hydrogen (secondary N) is 1. The lowest BCUT2D eigenvalue weighted by molar-refractivity contribution is -0.120. The zero-order chi connectivity index (χ0) is 15.8. The van der Waals surface area contributed by atoms with E-state index >= 15 is 0 Å². The maximum absolute atomic E-state index is 11.2. The van der Waals surface area contributed by atoms with E-state index in [1.54, 1.807) is 6.92 Å². The maximum atomic E-state index is 11.2. The van der Waals surface area contributed by atoms with Crippen LogP contribution in [0.15, 0.2) is 11.6 Å². The summed E-state index contributed by atoms with van der Waals surface area (Å²) in [6.07, 6.45) is 5.82. The van der Waals surface area contributed by atoms with Crippen LogP contribution in [0.25, 0.3) is 0 Å². The zero-order valence-electron chi connectivity index (χ0n) is 14.1. The third-order valence-corrected chi connectivity index (χ3v) is 4.40. The molecule has 1 atom stereocenters. The van der Waals surface area contributed by atoms with Gasteiger partial charge in [-0.05, 0) is 38.3 Å². The molecule has 2 aliphatic heterocycles. The van der Waals surface area contributed by atoms with Crippen LogP contribution in [-0.4, -0.2) is 74.2 Å². The smallest absolute Gasteiger partial charge is 0.217 e. The molecule has 0 aromatic rings. The molecule has 0 spiro atoms. The first kappa shape index (κ1) is 17.4. The highest BCUT2D eigenvalue weighted by Gasteiger charge is 2.22. The first-order valence-corrected chi connectivity index (χ1v) is 8.65. The third-order valence-electron chi connectivity index (χ3n) is 4.40. The minimum Gasteiger partial charge on any atom is -0.380 e. The Morgan fingerprint density at radius 1 is 1.41 bits per heavy atom. The summed E-state index contributed by atoms with van der Waals surface area (Å²) in [6, 6.07) is 0.324. The molecule has 0 saturated carbocycles. The summed E-state index contributed by atoms with van der Waals surface area (Å²) in [6.45, 7) is 11.7. The van der Waals surface area contributed by atoms with E-state index < -0.39 is 0 Å². The van der Waals surface area contributed by atoms with Gasteiger partial charge in [0.1, 0.15) is 0 Å². The lowest BCUT2D eigenvalue weighted by Crippen LogP contribution is -2.48. The monoisotopic (exact) mass is 309 g/mol. The molecule has 5 nitrogen and oxygen atoms in total. The number of piperidine rings is 1. The SMILES string of the molecule is CCOCCN1CCC=C(CN2CCC[C@H](NC(C)=O)C2)C1. The summed E-state index contributed by atoms with van der Waals surface area (Å²) in [7, 11) is 0. The normalized spacial score (nSPS) is 24.1. The summed E-state index contributed by atoms with van der Waals surface area (Å²) in [5.74, 6) is 0.0887. The second kappa shape index (κ2) is 9.28. The van der Waals surface area contributed by atoms with Crippen molar-refractivity contribution in [2.45, 2.75) is 39.2 Å². The Hall–Kier alpha value is -0.910. The van der Waals surface area contributed by atoms with E-state index in [0.29, 0.717) is 6.04 Å². The molecule has 2 rings (SSSR count). The van der Waals surface area contributed by atoms with Crippen LogP contribution >= 0.6 is 0 Å². The number of likely N-dealkylation sites (tertiary alicyclic amines) is 1. The Morgan fingerprint density at radius 2 is 2.27 bits per heavy atom. The van der Waals surface area contributed by atoms with Crippen LogP contribution in [-0.2, 0) is 9.53 Å². The van der Waals surface area contributed by atoms with E-state index in [-0.39, 0.29) is 5.91 Å². The van der Waals surface area contributed by atoms with Crippen molar-refractivity contribution in [3.63, 3.8) is 0 Å². The second-order valence-corrected chi connectivity index (χ2v) is 6.40. The summed E-state index contributed by atoms with van der Waals surface area (Å²) >= 11 is 0. The Balaban J connectivity index is 1.75. The van der Waals surface area contributed by atoms with Gasteiger partial charge in [-0.2, -0.15) is 0 Å². The lowest BCUT2D eigenvalue weighted by Gasteiger charge is -2.35. The van der Waals surface area contributed by atoms with Gasteiger partial charge in [-0.1, -0.05) is 6.08 Å². The van der Waals surface area contributed by atoms with E-state index in [2.05, 4.69) is 21.2 Å². The van der Waals surface area contributed by atoms with Gasteiger partial charge in [0.05, 0.1) is 6.61 Å². The molecule has 5 heteroatoms. The summed E-state index contributed by atoms with van der Waals surface area (Å²) in [5, 5.41) is 3.07. The number of amides is 1. The van der Waals surface area contributed by atoms with Crippen molar-refractivity contribution in [3.05, 3.63) is 11.6 Å². The third kappa shape index (κ3) is 6.07. The number of nitrogens with zero attached hydrogens (tertiary/aromatic N) is 2. The number of hydrogen-bond donors (Lipinski definition) is 1. The van der Waals surface area contributed by atoms with E-state index in [4.69, 9.17) is 4.74 Å². The first-order chi connectivity index (χ1) is 10.7. The molecule has 1 saturated heterocycles. The van der Waals surface area contributed by atoms with Gasteiger partial charge in [0, 0.05) is 52.3 Å². The molecule has 2 aliphatic rings. The Labute approximate surface area is 134 Å². The predicted octanol–water partition coefficient (Wildman–Crippen LogP) is 1.26. The highest BCUT2D eigenvalue weighted by atomic mass is 16.5. The highest BCUT2D eigenvalue weighted by Crippen LogP contribution is 2.15. The van der Waals surface area contributed by atoms with Crippen molar-refractivity contribution in [1.82, 2.24) is 15.1 Å².